The van der Waals surface area contributed by atoms with Crippen molar-refractivity contribution in [3.63, 3.8) is 0 Å². The summed E-state index contributed by atoms with van der Waals surface area (Å²) in [6.07, 6.45) is 2.33. The summed E-state index contributed by atoms with van der Waals surface area (Å²) in [4.78, 5) is 16.0. The highest BCUT2D eigenvalue weighted by atomic mass is 32.2. The van der Waals surface area contributed by atoms with Gasteiger partial charge in [-0.25, -0.2) is 23.2 Å². The minimum absolute atomic E-state index is 0.0450. The van der Waals surface area contributed by atoms with Crippen molar-refractivity contribution in [3.05, 3.63) is 24.4 Å². The molecule has 0 bridgehead atoms. The normalized spacial score (nSPS) is 27.9. The first-order valence-corrected chi connectivity index (χ1v) is 10.2. The van der Waals surface area contributed by atoms with Crippen molar-refractivity contribution in [2.24, 2.45) is 0 Å². The van der Waals surface area contributed by atoms with Crippen LogP contribution in [-0.2, 0) is 19.6 Å². The van der Waals surface area contributed by atoms with E-state index in [9.17, 15) is 18.3 Å². The van der Waals surface area contributed by atoms with Crippen LogP contribution in [0.15, 0.2) is 24.4 Å². The summed E-state index contributed by atoms with van der Waals surface area (Å²) in [6.45, 7) is 0.00867. The van der Waals surface area contributed by atoms with E-state index in [4.69, 9.17) is 14.7 Å². The van der Waals surface area contributed by atoms with Gasteiger partial charge < -0.3 is 14.6 Å². The molecule has 3 heterocycles. The zero-order chi connectivity index (χ0) is 19.5. The lowest BCUT2D eigenvalue weighted by Gasteiger charge is -2.40. The van der Waals surface area contributed by atoms with Gasteiger partial charge >= 0.3 is 0 Å². The molecule has 2 aliphatic heterocycles. The third-order valence-corrected chi connectivity index (χ3v) is 7.35. The molecule has 2 fully saturated rings. The zero-order valence-corrected chi connectivity index (χ0v) is 15.5. The molecule has 2 aliphatic rings. The molecule has 2 unspecified atom stereocenters. The minimum atomic E-state index is -3.98. The number of carbonyl (C=O) groups excluding carboxylic acids is 1. The van der Waals surface area contributed by atoms with Crippen LogP contribution in [0.1, 0.15) is 19.3 Å². The van der Waals surface area contributed by atoms with Gasteiger partial charge in [-0.3, -0.25) is 10.0 Å². The number of piperidine rings is 1. The Morgan fingerprint density at radius 1 is 1.33 bits per heavy atom. The first-order chi connectivity index (χ1) is 12.9. The predicted molar refractivity (Wildman–Crippen MR) is 92.5 cm³/mol. The topological polar surface area (TPSA) is 138 Å². The van der Waals surface area contributed by atoms with Gasteiger partial charge in [0, 0.05) is 32.0 Å². The predicted octanol–water partition coefficient (Wildman–Crippen LogP) is -0.720. The summed E-state index contributed by atoms with van der Waals surface area (Å²) in [5.41, 5.74) is -1.00. The minimum Gasteiger partial charge on any atom is -0.474 e. The van der Waals surface area contributed by atoms with Gasteiger partial charge in [0.1, 0.15) is 11.4 Å². The van der Waals surface area contributed by atoms with Crippen LogP contribution in [-0.4, -0.2) is 77.2 Å². The lowest BCUT2D eigenvalue weighted by atomic mass is 9.95. The lowest BCUT2D eigenvalue weighted by Crippen LogP contribution is -2.64. The van der Waals surface area contributed by atoms with Crippen LogP contribution < -0.4 is 10.2 Å². The van der Waals surface area contributed by atoms with Gasteiger partial charge in [-0.15, -0.1) is 0 Å². The van der Waals surface area contributed by atoms with E-state index in [1.54, 1.807) is 24.4 Å². The highest BCUT2D eigenvalue weighted by Gasteiger charge is 2.54. The molecule has 150 valence electrons. The zero-order valence-electron chi connectivity index (χ0n) is 14.7. The van der Waals surface area contributed by atoms with Crippen LogP contribution in [0.25, 0.3) is 0 Å². The van der Waals surface area contributed by atoms with Gasteiger partial charge in [0.25, 0.3) is 5.91 Å². The van der Waals surface area contributed by atoms with Crippen molar-refractivity contribution >= 4 is 15.9 Å². The third kappa shape index (κ3) is 4.06. The number of ether oxygens (including phenoxy) is 2. The van der Waals surface area contributed by atoms with Gasteiger partial charge in [0.05, 0.1) is 6.61 Å². The second kappa shape index (κ2) is 8.07. The molecule has 2 atom stereocenters. The molecule has 3 rings (SSSR count). The number of rotatable bonds is 5. The number of carbonyl (C=O) groups is 1. The Bertz CT molecular complexity index is 753. The van der Waals surface area contributed by atoms with Crippen LogP contribution in [0.2, 0.25) is 0 Å². The summed E-state index contributed by atoms with van der Waals surface area (Å²) in [5.74, 6) is -0.707. The third-order valence-electron chi connectivity index (χ3n) is 4.92. The molecular formula is C16H23N3O7S. The molecule has 0 aliphatic carbocycles. The Labute approximate surface area is 157 Å². The van der Waals surface area contributed by atoms with Gasteiger partial charge in [-0.05, 0) is 25.3 Å². The fourth-order valence-electron chi connectivity index (χ4n) is 3.43. The molecule has 0 radical (unpaired) electrons. The number of nitrogens with zero attached hydrogens (tertiary/aromatic N) is 2. The first-order valence-electron chi connectivity index (χ1n) is 8.69. The number of hydrogen-bond donors (Lipinski definition) is 3. The summed E-state index contributed by atoms with van der Waals surface area (Å²) >= 11 is 0. The average Bonchev–Trinajstić information content (AvgIpc) is 2.68. The number of hydrogen-bond acceptors (Lipinski definition) is 8. The smallest absolute Gasteiger partial charge is 0.279 e. The van der Waals surface area contributed by atoms with E-state index in [2.05, 4.69) is 4.98 Å². The fraction of sp³-hybridized carbons (Fsp3) is 0.625. The van der Waals surface area contributed by atoms with E-state index in [0.29, 0.717) is 18.7 Å². The molecule has 1 aromatic heterocycles. The van der Waals surface area contributed by atoms with Crippen molar-refractivity contribution in [3.8, 4) is 5.88 Å². The number of hydroxylamine groups is 1. The molecule has 1 amide bonds. The second-order valence-electron chi connectivity index (χ2n) is 6.62. The molecule has 2 saturated heterocycles. The summed E-state index contributed by atoms with van der Waals surface area (Å²) < 4.78 is 38.2. The van der Waals surface area contributed by atoms with Gasteiger partial charge in [0.2, 0.25) is 15.9 Å². The highest BCUT2D eigenvalue weighted by molar-refractivity contribution is 7.89. The SMILES string of the molecule is O=C(NO)C1(O)COCCC1S(=O)(=O)N1CCC(Oc2ccccn2)CC1. The Morgan fingerprint density at radius 3 is 2.70 bits per heavy atom. The van der Waals surface area contributed by atoms with Crippen molar-refractivity contribution in [2.45, 2.75) is 36.2 Å². The van der Waals surface area contributed by atoms with E-state index < -0.39 is 33.4 Å². The monoisotopic (exact) mass is 401 g/mol. The van der Waals surface area contributed by atoms with E-state index >= 15 is 0 Å². The molecule has 10 nitrogen and oxygen atoms in total. The van der Waals surface area contributed by atoms with Crippen molar-refractivity contribution in [1.82, 2.24) is 14.8 Å². The molecule has 0 saturated carbocycles. The molecule has 11 heteroatoms. The maximum atomic E-state index is 13.0. The standard InChI is InChI=1S/C16H23N3O7S/c20-15(18-22)16(21)11-25-10-6-13(16)27(23,24)19-8-4-12(5-9-19)26-14-3-1-2-7-17-14/h1-3,7,12-13,21-22H,4-6,8-11H2,(H,18,20). The first kappa shape index (κ1) is 20.0. The summed E-state index contributed by atoms with van der Waals surface area (Å²) in [7, 11) is -3.98. The van der Waals surface area contributed by atoms with E-state index in [-0.39, 0.29) is 32.2 Å². The molecular weight excluding hydrogens is 378 g/mol. The van der Waals surface area contributed by atoms with Crippen LogP contribution >= 0.6 is 0 Å². The number of aliphatic hydroxyl groups is 1. The van der Waals surface area contributed by atoms with Crippen molar-refractivity contribution < 1.29 is 33.0 Å². The van der Waals surface area contributed by atoms with Gasteiger partial charge in [-0.1, -0.05) is 6.07 Å². The Balaban J connectivity index is 1.68. The highest BCUT2D eigenvalue weighted by Crippen LogP contribution is 2.30. The number of amides is 1. The van der Waals surface area contributed by atoms with Crippen LogP contribution in [0, 0.1) is 0 Å². The molecule has 1 aromatic rings. The summed E-state index contributed by atoms with van der Waals surface area (Å²) in [6, 6.07) is 5.32. The summed E-state index contributed by atoms with van der Waals surface area (Å²) in [5, 5.41) is 18.1. The maximum absolute atomic E-state index is 13.0. The Kier molecular flexibility index (Phi) is 5.96. The van der Waals surface area contributed by atoms with Gasteiger partial charge in [0.15, 0.2) is 5.60 Å². The van der Waals surface area contributed by atoms with Crippen LogP contribution in [0.3, 0.4) is 0 Å². The Morgan fingerprint density at radius 2 is 2.07 bits per heavy atom. The van der Waals surface area contributed by atoms with E-state index in [1.165, 1.54) is 9.79 Å². The molecule has 3 N–H and O–H groups in total. The fourth-order valence-corrected chi connectivity index (χ4v) is 5.57. The number of nitrogens with one attached hydrogen (secondary N) is 1. The second-order valence-corrected chi connectivity index (χ2v) is 8.74. The molecule has 27 heavy (non-hydrogen) atoms. The molecule has 0 spiro atoms. The van der Waals surface area contributed by atoms with E-state index in [1.807, 2.05) is 0 Å². The number of pyridine rings is 1. The van der Waals surface area contributed by atoms with Gasteiger partial charge in [-0.2, -0.15) is 0 Å². The largest absolute Gasteiger partial charge is 0.474 e. The average molecular weight is 401 g/mol. The van der Waals surface area contributed by atoms with Crippen LogP contribution in [0.5, 0.6) is 5.88 Å². The van der Waals surface area contributed by atoms with E-state index in [0.717, 1.165) is 0 Å². The van der Waals surface area contributed by atoms with Crippen LogP contribution in [0.4, 0.5) is 0 Å². The quantitative estimate of drug-likeness (QED) is 0.434. The van der Waals surface area contributed by atoms with Crippen molar-refractivity contribution in [1.29, 1.82) is 0 Å². The number of aromatic nitrogens is 1. The molecule has 0 aromatic carbocycles. The maximum Gasteiger partial charge on any atom is 0.279 e. The Hall–Kier alpha value is -1.79. The number of sulfonamides is 1. The van der Waals surface area contributed by atoms with Crippen molar-refractivity contribution in [2.75, 3.05) is 26.3 Å². The lowest BCUT2D eigenvalue weighted by molar-refractivity contribution is -0.161.